The number of hydrogen-bond acceptors (Lipinski definition) is 6. The molecule has 1 aromatic carbocycles. The van der Waals surface area contributed by atoms with Crippen LogP contribution in [0.4, 0.5) is 5.69 Å². The van der Waals surface area contributed by atoms with Gasteiger partial charge < -0.3 is 4.90 Å². The predicted octanol–water partition coefficient (Wildman–Crippen LogP) is 6.60. The third kappa shape index (κ3) is 6.15. The van der Waals surface area contributed by atoms with Crippen LogP contribution in [0, 0.1) is 0 Å². The minimum Gasteiger partial charge on any atom is -0.378 e. The molecule has 0 bridgehead atoms. The van der Waals surface area contributed by atoms with Gasteiger partial charge in [0.2, 0.25) is 0 Å². The first-order chi connectivity index (χ1) is 17.8. The number of amides is 2. The van der Waals surface area contributed by atoms with Crippen LogP contribution in [0.3, 0.4) is 0 Å². The molecular weight excluding hydrogens is 519 g/mol. The van der Waals surface area contributed by atoms with Crippen LogP contribution < -0.4 is 4.90 Å². The van der Waals surface area contributed by atoms with Crippen molar-refractivity contribution in [2.45, 2.75) is 13.8 Å². The Morgan fingerprint density at radius 3 is 1.68 bits per heavy atom. The van der Waals surface area contributed by atoms with Crippen LogP contribution in [0.25, 0.3) is 30.4 Å². The number of anilines is 1. The second kappa shape index (κ2) is 11.8. The zero-order valence-corrected chi connectivity index (χ0v) is 23.8. The van der Waals surface area contributed by atoms with E-state index >= 15 is 0 Å². The molecule has 0 spiro atoms. The highest BCUT2D eigenvalue weighted by Crippen LogP contribution is 2.27. The maximum absolute atomic E-state index is 12.9. The van der Waals surface area contributed by atoms with Crippen LogP contribution in [0.2, 0.25) is 0 Å². The third-order valence-electron chi connectivity index (χ3n) is 5.89. The fraction of sp³-hybridized carbons (Fsp3) is 0.207. The van der Waals surface area contributed by atoms with Crippen LogP contribution in [0.15, 0.2) is 54.1 Å². The molecule has 37 heavy (non-hydrogen) atoms. The van der Waals surface area contributed by atoms with E-state index in [1.807, 2.05) is 40.1 Å². The molecule has 3 aromatic rings. The summed E-state index contributed by atoms with van der Waals surface area (Å²) in [4.78, 5) is 35.0. The Bertz CT molecular complexity index is 1370. The van der Waals surface area contributed by atoms with Gasteiger partial charge >= 0.3 is 0 Å². The van der Waals surface area contributed by atoms with E-state index in [1.54, 1.807) is 17.4 Å². The van der Waals surface area contributed by atoms with Crippen LogP contribution in [0.1, 0.15) is 38.9 Å². The minimum absolute atomic E-state index is 0.153. The second-order valence-corrected chi connectivity index (χ2v) is 11.2. The summed E-state index contributed by atoms with van der Waals surface area (Å²) < 4.78 is 0. The van der Waals surface area contributed by atoms with Crippen molar-refractivity contribution >= 4 is 87.9 Å². The van der Waals surface area contributed by atoms with Crippen molar-refractivity contribution in [2.24, 2.45) is 0 Å². The van der Waals surface area contributed by atoms with Crippen LogP contribution in [0.5, 0.6) is 0 Å². The second-order valence-electron chi connectivity index (χ2n) is 8.57. The van der Waals surface area contributed by atoms with E-state index in [-0.39, 0.29) is 22.5 Å². The fourth-order valence-corrected chi connectivity index (χ4v) is 5.93. The molecule has 0 radical (unpaired) electrons. The quantitative estimate of drug-likeness (QED) is 0.181. The Kier molecular flexibility index (Phi) is 8.53. The van der Waals surface area contributed by atoms with Gasteiger partial charge in [-0.25, -0.2) is 0 Å². The molecule has 1 fully saturated rings. The molecule has 2 amide bonds. The number of rotatable bonds is 8. The lowest BCUT2D eigenvalue weighted by molar-refractivity contribution is -0.133. The van der Waals surface area contributed by atoms with Gasteiger partial charge in [0, 0.05) is 52.4 Å². The number of carbonyl (C=O) groups excluding carboxylic acids is 2. The van der Waals surface area contributed by atoms with Gasteiger partial charge in [-0.05, 0) is 92.3 Å². The van der Waals surface area contributed by atoms with Crippen LogP contribution in [-0.4, -0.2) is 53.9 Å². The Balaban J connectivity index is 1.44. The van der Waals surface area contributed by atoms with E-state index in [0.717, 1.165) is 20.2 Å². The van der Waals surface area contributed by atoms with Gasteiger partial charge in [-0.1, -0.05) is 18.2 Å². The van der Waals surface area contributed by atoms with Crippen molar-refractivity contribution in [3.8, 4) is 0 Å². The number of benzene rings is 1. The summed E-state index contributed by atoms with van der Waals surface area (Å²) >= 11 is 8.59. The largest absolute Gasteiger partial charge is 0.378 e. The lowest BCUT2D eigenvalue weighted by atomic mass is 10.1. The molecule has 0 saturated carbocycles. The molecule has 4 rings (SSSR count). The Morgan fingerprint density at radius 2 is 1.19 bits per heavy atom. The Hall–Kier alpha value is -3.33. The molecule has 8 heteroatoms. The fourth-order valence-electron chi connectivity index (χ4n) is 3.83. The van der Waals surface area contributed by atoms with Gasteiger partial charge in [0.15, 0.2) is 5.11 Å². The number of thiocarbonyl (C=S) groups is 1. The van der Waals surface area contributed by atoms with E-state index in [9.17, 15) is 9.59 Å². The Morgan fingerprint density at radius 1 is 0.730 bits per heavy atom. The molecule has 0 atom stereocenters. The first-order valence-electron chi connectivity index (χ1n) is 12.0. The van der Waals surface area contributed by atoms with Gasteiger partial charge in [0.25, 0.3) is 11.8 Å². The van der Waals surface area contributed by atoms with Gasteiger partial charge in [-0.3, -0.25) is 19.4 Å². The summed E-state index contributed by atoms with van der Waals surface area (Å²) in [5.41, 5.74) is 2.50. The smallest absolute Gasteiger partial charge is 0.265 e. The summed E-state index contributed by atoms with van der Waals surface area (Å²) in [5, 5.41) is 0.277. The van der Waals surface area contributed by atoms with Gasteiger partial charge in [0.05, 0.1) is 0 Å². The number of thiophene rings is 2. The first kappa shape index (κ1) is 26.7. The summed E-state index contributed by atoms with van der Waals surface area (Å²) in [6, 6.07) is 16.6. The van der Waals surface area contributed by atoms with E-state index in [4.69, 9.17) is 12.2 Å². The van der Waals surface area contributed by atoms with Gasteiger partial charge in [-0.15, -0.1) is 22.7 Å². The number of hydrogen-bond donors (Lipinski definition) is 0. The van der Waals surface area contributed by atoms with Crippen molar-refractivity contribution in [3.63, 3.8) is 0 Å². The highest BCUT2D eigenvalue weighted by Gasteiger charge is 2.37. The average molecular weight is 548 g/mol. The molecule has 1 aliphatic heterocycles. The lowest BCUT2D eigenvalue weighted by Crippen LogP contribution is -2.55. The van der Waals surface area contributed by atoms with Crippen molar-refractivity contribution in [1.29, 1.82) is 0 Å². The molecule has 1 aliphatic rings. The number of likely N-dealkylation sites (N-methyl/N-ethyl adjacent to an activating group) is 2. The van der Waals surface area contributed by atoms with E-state index in [2.05, 4.69) is 65.6 Å². The summed E-state index contributed by atoms with van der Waals surface area (Å²) in [7, 11) is 4.07. The molecule has 5 nitrogen and oxygen atoms in total. The van der Waals surface area contributed by atoms with Crippen molar-refractivity contribution in [2.75, 3.05) is 32.1 Å². The molecule has 2 aromatic heterocycles. The van der Waals surface area contributed by atoms with E-state index in [0.29, 0.717) is 13.1 Å². The van der Waals surface area contributed by atoms with Gasteiger partial charge in [0.1, 0.15) is 5.57 Å². The molecule has 3 heterocycles. The lowest BCUT2D eigenvalue weighted by Gasteiger charge is -2.35. The van der Waals surface area contributed by atoms with Crippen LogP contribution >= 0.6 is 34.9 Å². The zero-order valence-electron chi connectivity index (χ0n) is 21.3. The topological polar surface area (TPSA) is 43.9 Å². The normalized spacial score (nSPS) is 14.5. The summed E-state index contributed by atoms with van der Waals surface area (Å²) in [5.74, 6) is -0.666. The Labute approximate surface area is 231 Å². The van der Waals surface area contributed by atoms with E-state index in [1.165, 1.54) is 31.7 Å². The minimum atomic E-state index is -0.333. The molecule has 190 valence electrons. The molecule has 0 aliphatic carbocycles. The van der Waals surface area contributed by atoms with E-state index < -0.39 is 0 Å². The molecule has 0 unspecified atom stereocenters. The summed E-state index contributed by atoms with van der Waals surface area (Å²) in [6.45, 7) is 4.57. The monoisotopic (exact) mass is 547 g/mol. The SMILES string of the molecule is CCN1C(=O)C(=Cc2ccc(/C=C/c3ccc(/C=C/c4ccc(N(C)C)cc4)s3)s2)C(=O)N(CC)C1=S. The van der Waals surface area contributed by atoms with Crippen LogP contribution in [-0.2, 0) is 9.59 Å². The number of carbonyl (C=O) groups is 2. The molecule has 1 saturated heterocycles. The highest BCUT2D eigenvalue weighted by molar-refractivity contribution is 7.80. The standard InChI is InChI=1S/C29H29N3O2S3/c1-5-31-27(33)26(28(34)32(6-2)29(31)35)19-25-18-17-24(37-25)16-15-23-14-13-22(36-23)12-9-20-7-10-21(11-8-20)30(3)4/h7-19H,5-6H2,1-4H3/b12-9+,16-15+. The predicted molar refractivity (Wildman–Crippen MR) is 163 cm³/mol. The molecule has 0 N–H and O–H groups in total. The third-order valence-corrected chi connectivity index (χ3v) is 8.34. The van der Waals surface area contributed by atoms with Gasteiger partial charge in [-0.2, -0.15) is 0 Å². The van der Waals surface area contributed by atoms with Crippen molar-refractivity contribution in [3.05, 3.63) is 79.2 Å². The number of nitrogens with zero attached hydrogens (tertiary/aromatic N) is 3. The maximum atomic E-state index is 12.9. The average Bonchev–Trinajstić information content (AvgIpc) is 3.54. The zero-order chi connectivity index (χ0) is 26.5. The highest BCUT2D eigenvalue weighted by atomic mass is 32.1. The first-order valence-corrected chi connectivity index (χ1v) is 14.1. The summed E-state index contributed by atoms with van der Waals surface area (Å²) in [6.07, 6.45) is 10.1. The maximum Gasteiger partial charge on any atom is 0.265 e. The van der Waals surface area contributed by atoms with Crippen molar-refractivity contribution < 1.29 is 9.59 Å². The molecular formula is C29H29N3O2S3. The van der Waals surface area contributed by atoms with Crippen molar-refractivity contribution in [1.82, 2.24) is 9.80 Å².